The van der Waals surface area contributed by atoms with Crippen LogP contribution in [-0.4, -0.2) is 34.5 Å². The Bertz CT molecular complexity index is 550. The Balaban J connectivity index is 1.92. The minimum Gasteiger partial charge on any atom is -0.481 e. The first kappa shape index (κ1) is 17.5. The van der Waals surface area contributed by atoms with Crippen LogP contribution >= 0.6 is 0 Å². The summed E-state index contributed by atoms with van der Waals surface area (Å²) in [6, 6.07) is 8.20. The number of carboxylic acids is 1. The number of hydrogen-bond acceptors (Lipinski definition) is 2. The largest absolute Gasteiger partial charge is 0.481 e. The summed E-state index contributed by atoms with van der Waals surface area (Å²) in [4.78, 5) is 25.5. The van der Waals surface area contributed by atoms with Gasteiger partial charge in [0.05, 0.1) is 5.92 Å². The van der Waals surface area contributed by atoms with Crippen molar-refractivity contribution in [3.8, 4) is 0 Å². The molecular formula is C19H27NO3. The maximum Gasteiger partial charge on any atom is 0.308 e. The maximum absolute atomic E-state index is 12.5. The summed E-state index contributed by atoms with van der Waals surface area (Å²) in [5, 5.41) is 9.25. The monoisotopic (exact) mass is 317 g/mol. The molecule has 2 atom stereocenters. The van der Waals surface area contributed by atoms with Gasteiger partial charge in [-0.15, -0.1) is 0 Å². The number of amides is 1. The fraction of sp³-hybridized carbons (Fsp3) is 0.579. The zero-order valence-electron chi connectivity index (χ0n) is 14.3. The maximum atomic E-state index is 12.5. The van der Waals surface area contributed by atoms with Crippen molar-refractivity contribution in [2.24, 2.45) is 5.92 Å². The zero-order valence-corrected chi connectivity index (χ0v) is 14.3. The second-order valence-corrected chi connectivity index (χ2v) is 6.81. The fourth-order valence-corrected chi connectivity index (χ4v) is 3.29. The fourth-order valence-electron chi connectivity index (χ4n) is 3.29. The third kappa shape index (κ3) is 4.34. The van der Waals surface area contributed by atoms with E-state index in [0.29, 0.717) is 31.7 Å². The molecule has 1 N–H and O–H groups in total. The minimum absolute atomic E-state index is 0.0661. The van der Waals surface area contributed by atoms with Crippen molar-refractivity contribution < 1.29 is 14.7 Å². The van der Waals surface area contributed by atoms with E-state index in [2.05, 4.69) is 38.1 Å². The molecule has 23 heavy (non-hydrogen) atoms. The number of aliphatic carboxylic acids is 1. The van der Waals surface area contributed by atoms with E-state index in [1.807, 2.05) is 6.92 Å². The van der Waals surface area contributed by atoms with Crippen LogP contribution in [0.1, 0.15) is 57.1 Å². The van der Waals surface area contributed by atoms with Gasteiger partial charge in [-0.25, -0.2) is 0 Å². The van der Waals surface area contributed by atoms with E-state index in [0.717, 1.165) is 12.0 Å². The number of hydrogen-bond donors (Lipinski definition) is 1. The third-order valence-corrected chi connectivity index (χ3v) is 4.90. The van der Waals surface area contributed by atoms with Gasteiger partial charge in [0.1, 0.15) is 0 Å². The molecule has 0 spiro atoms. The number of carbonyl (C=O) groups is 2. The number of benzene rings is 1. The van der Waals surface area contributed by atoms with Crippen LogP contribution in [0.15, 0.2) is 24.3 Å². The van der Waals surface area contributed by atoms with Gasteiger partial charge in [0.25, 0.3) is 0 Å². The van der Waals surface area contributed by atoms with Gasteiger partial charge in [0, 0.05) is 19.0 Å². The van der Waals surface area contributed by atoms with Crippen molar-refractivity contribution in [3.05, 3.63) is 35.4 Å². The van der Waals surface area contributed by atoms with Crippen LogP contribution in [0.5, 0.6) is 0 Å². The summed E-state index contributed by atoms with van der Waals surface area (Å²) in [6.45, 7) is 6.85. The molecule has 4 nitrogen and oxygen atoms in total. The molecule has 0 unspecified atom stereocenters. The lowest BCUT2D eigenvalue weighted by Crippen LogP contribution is -2.49. The van der Waals surface area contributed by atoms with E-state index in [4.69, 9.17) is 0 Å². The highest BCUT2D eigenvalue weighted by Crippen LogP contribution is 2.25. The predicted molar refractivity (Wildman–Crippen MR) is 90.4 cm³/mol. The summed E-state index contributed by atoms with van der Waals surface area (Å²) < 4.78 is 0. The van der Waals surface area contributed by atoms with Gasteiger partial charge in [-0.3, -0.25) is 9.59 Å². The SMILES string of the molecule is CC(C)c1ccc(CCC(=O)N2CCC[C@H](C(=O)O)[C@@H]2C)cc1. The van der Waals surface area contributed by atoms with Gasteiger partial charge in [-0.05, 0) is 43.2 Å². The van der Waals surface area contributed by atoms with Crippen molar-refractivity contribution >= 4 is 11.9 Å². The second-order valence-electron chi connectivity index (χ2n) is 6.81. The Morgan fingerprint density at radius 2 is 1.91 bits per heavy atom. The van der Waals surface area contributed by atoms with Crippen molar-refractivity contribution in [3.63, 3.8) is 0 Å². The van der Waals surface area contributed by atoms with Gasteiger partial charge >= 0.3 is 5.97 Å². The summed E-state index contributed by atoms with van der Waals surface area (Å²) in [5.41, 5.74) is 2.45. The molecule has 126 valence electrons. The number of carboxylic acid groups (broad SMARTS) is 1. The Labute approximate surface area is 138 Å². The molecular weight excluding hydrogens is 290 g/mol. The van der Waals surface area contributed by atoms with Crippen LogP contribution in [0.25, 0.3) is 0 Å². The zero-order chi connectivity index (χ0) is 17.0. The number of carbonyl (C=O) groups excluding carboxylic acids is 1. The molecule has 4 heteroatoms. The summed E-state index contributed by atoms with van der Waals surface area (Å²) in [5.74, 6) is -0.651. The van der Waals surface area contributed by atoms with E-state index in [-0.39, 0.29) is 11.9 Å². The van der Waals surface area contributed by atoms with Crippen molar-refractivity contribution in [1.29, 1.82) is 0 Å². The number of likely N-dealkylation sites (tertiary alicyclic amines) is 1. The highest BCUT2D eigenvalue weighted by atomic mass is 16.4. The van der Waals surface area contributed by atoms with E-state index in [1.165, 1.54) is 5.56 Å². The number of rotatable bonds is 5. The highest BCUT2D eigenvalue weighted by molar-refractivity contribution is 5.79. The van der Waals surface area contributed by atoms with Crippen LogP contribution in [-0.2, 0) is 16.0 Å². The predicted octanol–water partition coefficient (Wildman–Crippen LogP) is 3.45. The van der Waals surface area contributed by atoms with Gasteiger partial charge in [-0.2, -0.15) is 0 Å². The molecule has 1 amide bonds. The smallest absolute Gasteiger partial charge is 0.308 e. The van der Waals surface area contributed by atoms with Gasteiger partial charge < -0.3 is 10.0 Å². The molecule has 1 aromatic rings. The number of nitrogens with zero attached hydrogens (tertiary/aromatic N) is 1. The molecule has 1 saturated heterocycles. The first-order valence-electron chi connectivity index (χ1n) is 8.51. The van der Waals surface area contributed by atoms with Crippen molar-refractivity contribution in [1.82, 2.24) is 4.90 Å². The molecule has 2 rings (SSSR count). The lowest BCUT2D eigenvalue weighted by Gasteiger charge is -2.37. The quantitative estimate of drug-likeness (QED) is 0.905. The van der Waals surface area contributed by atoms with Crippen LogP contribution in [0, 0.1) is 5.92 Å². The van der Waals surface area contributed by atoms with Crippen LogP contribution in [0.2, 0.25) is 0 Å². The molecule has 1 heterocycles. The first-order valence-corrected chi connectivity index (χ1v) is 8.51. The van der Waals surface area contributed by atoms with Crippen LogP contribution in [0.3, 0.4) is 0 Å². The topological polar surface area (TPSA) is 57.6 Å². The molecule has 0 aliphatic carbocycles. The number of aryl methyl sites for hydroxylation is 1. The third-order valence-electron chi connectivity index (χ3n) is 4.90. The Morgan fingerprint density at radius 1 is 1.26 bits per heavy atom. The van der Waals surface area contributed by atoms with Crippen molar-refractivity contribution in [2.45, 2.75) is 58.4 Å². The molecule has 1 aromatic carbocycles. The van der Waals surface area contributed by atoms with Gasteiger partial charge in [0.15, 0.2) is 0 Å². The van der Waals surface area contributed by atoms with Crippen molar-refractivity contribution in [2.75, 3.05) is 6.54 Å². The van der Waals surface area contributed by atoms with Crippen LogP contribution < -0.4 is 0 Å². The minimum atomic E-state index is -0.792. The van der Waals surface area contributed by atoms with Crippen LogP contribution in [0.4, 0.5) is 0 Å². The summed E-state index contributed by atoms with van der Waals surface area (Å²) >= 11 is 0. The lowest BCUT2D eigenvalue weighted by atomic mass is 9.90. The summed E-state index contributed by atoms with van der Waals surface area (Å²) in [7, 11) is 0. The van der Waals surface area contributed by atoms with E-state index in [9.17, 15) is 14.7 Å². The Hall–Kier alpha value is -1.84. The lowest BCUT2D eigenvalue weighted by molar-refractivity contribution is -0.149. The molecule has 0 aromatic heterocycles. The van der Waals surface area contributed by atoms with E-state index >= 15 is 0 Å². The molecule has 0 radical (unpaired) electrons. The van der Waals surface area contributed by atoms with E-state index in [1.54, 1.807) is 4.90 Å². The average molecular weight is 317 g/mol. The normalized spacial score (nSPS) is 21.5. The first-order chi connectivity index (χ1) is 10.9. The second kappa shape index (κ2) is 7.62. The summed E-state index contributed by atoms with van der Waals surface area (Å²) in [6.07, 6.45) is 2.59. The molecule has 1 fully saturated rings. The highest BCUT2D eigenvalue weighted by Gasteiger charge is 2.34. The molecule has 1 aliphatic heterocycles. The molecule has 0 saturated carbocycles. The Kier molecular flexibility index (Phi) is 5.80. The van der Waals surface area contributed by atoms with E-state index < -0.39 is 11.9 Å². The molecule has 1 aliphatic rings. The Morgan fingerprint density at radius 3 is 2.48 bits per heavy atom. The van der Waals surface area contributed by atoms with Gasteiger partial charge in [0.2, 0.25) is 5.91 Å². The standard InChI is InChI=1S/C19H27NO3/c1-13(2)16-9-6-15(7-10-16)8-11-18(21)20-12-4-5-17(14(20)3)19(22)23/h6-7,9-10,13-14,17H,4-5,8,11-12H2,1-3H3,(H,22,23)/t14-,17-/m0/s1. The molecule has 0 bridgehead atoms. The van der Waals surface area contributed by atoms with Gasteiger partial charge in [-0.1, -0.05) is 38.1 Å². The number of piperidine rings is 1. The average Bonchev–Trinajstić information content (AvgIpc) is 2.53.